The Morgan fingerprint density at radius 1 is 1.15 bits per heavy atom. The molecule has 0 atom stereocenters. The van der Waals surface area contributed by atoms with Gasteiger partial charge in [0.05, 0.1) is 30.5 Å². The van der Waals surface area contributed by atoms with Gasteiger partial charge in [-0.05, 0) is 31.2 Å². The van der Waals surface area contributed by atoms with Gasteiger partial charge in [-0.2, -0.15) is 5.10 Å². The maximum Gasteiger partial charge on any atom is 0.168 e. The fourth-order valence-corrected chi connectivity index (χ4v) is 3.21. The molecule has 0 bridgehead atoms. The second kappa shape index (κ2) is 7.57. The Hall–Kier alpha value is -2.22. The average Bonchev–Trinajstić information content (AvgIpc) is 3.07. The highest BCUT2D eigenvalue weighted by molar-refractivity contribution is 6.30. The first-order valence-electron chi connectivity index (χ1n) is 8.73. The summed E-state index contributed by atoms with van der Waals surface area (Å²) in [6, 6.07) is 7.55. The lowest BCUT2D eigenvalue weighted by Gasteiger charge is -2.26. The summed E-state index contributed by atoms with van der Waals surface area (Å²) >= 11 is 5.99. The first-order chi connectivity index (χ1) is 12.7. The molecule has 1 aliphatic heterocycles. The SMILES string of the molecule is Cc1nc(NCCN2CCOCC2)c2cnn(-c3ccc(Cl)cc3)c2n1. The minimum atomic E-state index is 0.696. The molecule has 7 nitrogen and oxygen atoms in total. The van der Waals surface area contributed by atoms with Crippen molar-refractivity contribution in [2.75, 3.05) is 44.7 Å². The lowest BCUT2D eigenvalue weighted by atomic mass is 10.3. The average molecular weight is 373 g/mol. The van der Waals surface area contributed by atoms with Crippen LogP contribution in [0.3, 0.4) is 0 Å². The quantitative estimate of drug-likeness (QED) is 0.742. The Kier molecular flexibility index (Phi) is 5.01. The van der Waals surface area contributed by atoms with Gasteiger partial charge in [-0.15, -0.1) is 0 Å². The maximum absolute atomic E-state index is 5.99. The number of rotatable bonds is 5. The highest BCUT2D eigenvalue weighted by atomic mass is 35.5. The fourth-order valence-electron chi connectivity index (χ4n) is 3.08. The number of aromatic nitrogens is 4. The predicted molar refractivity (Wildman–Crippen MR) is 102 cm³/mol. The molecule has 2 aromatic heterocycles. The van der Waals surface area contributed by atoms with Gasteiger partial charge < -0.3 is 10.1 Å². The number of nitrogens with one attached hydrogen (secondary N) is 1. The third-order valence-electron chi connectivity index (χ3n) is 4.44. The van der Waals surface area contributed by atoms with Crippen LogP contribution in [0, 0.1) is 6.92 Å². The third-order valence-corrected chi connectivity index (χ3v) is 4.69. The van der Waals surface area contributed by atoms with Gasteiger partial charge in [-0.25, -0.2) is 14.6 Å². The summed E-state index contributed by atoms with van der Waals surface area (Å²) in [7, 11) is 0. The van der Waals surface area contributed by atoms with Gasteiger partial charge in [-0.1, -0.05) is 11.6 Å². The second-order valence-corrected chi connectivity index (χ2v) is 6.71. The summed E-state index contributed by atoms with van der Waals surface area (Å²) in [5.74, 6) is 1.53. The van der Waals surface area contributed by atoms with Crippen molar-refractivity contribution < 1.29 is 4.74 Å². The van der Waals surface area contributed by atoms with Crippen LogP contribution in [0.1, 0.15) is 5.82 Å². The van der Waals surface area contributed by atoms with Gasteiger partial charge in [0.15, 0.2) is 5.65 Å². The summed E-state index contributed by atoms with van der Waals surface area (Å²) in [6.07, 6.45) is 1.81. The Bertz CT molecular complexity index is 889. The molecule has 3 aromatic rings. The molecule has 0 unspecified atom stereocenters. The van der Waals surface area contributed by atoms with Crippen LogP contribution in [0.4, 0.5) is 5.82 Å². The van der Waals surface area contributed by atoms with E-state index in [-0.39, 0.29) is 0 Å². The molecule has 1 N–H and O–H groups in total. The number of ether oxygens (including phenoxy) is 1. The number of anilines is 1. The normalized spacial score (nSPS) is 15.5. The van der Waals surface area contributed by atoms with E-state index in [0.29, 0.717) is 10.8 Å². The second-order valence-electron chi connectivity index (χ2n) is 6.27. The Morgan fingerprint density at radius 2 is 1.92 bits per heavy atom. The number of nitrogens with zero attached hydrogens (tertiary/aromatic N) is 5. The van der Waals surface area contributed by atoms with Crippen molar-refractivity contribution >= 4 is 28.5 Å². The topological polar surface area (TPSA) is 68.1 Å². The van der Waals surface area contributed by atoms with Crippen molar-refractivity contribution in [1.29, 1.82) is 0 Å². The van der Waals surface area contributed by atoms with Gasteiger partial charge in [0, 0.05) is 31.2 Å². The zero-order valence-corrected chi connectivity index (χ0v) is 15.4. The minimum Gasteiger partial charge on any atom is -0.379 e. The molecule has 136 valence electrons. The van der Waals surface area contributed by atoms with Crippen LogP contribution in [0.2, 0.25) is 5.02 Å². The minimum absolute atomic E-state index is 0.696. The predicted octanol–water partition coefficient (Wildman–Crippen LogP) is 2.52. The number of aryl methyl sites for hydroxylation is 1. The number of hydrogen-bond acceptors (Lipinski definition) is 6. The van der Waals surface area contributed by atoms with E-state index in [4.69, 9.17) is 16.3 Å². The van der Waals surface area contributed by atoms with E-state index in [1.54, 1.807) is 6.20 Å². The lowest BCUT2D eigenvalue weighted by Crippen LogP contribution is -2.39. The van der Waals surface area contributed by atoms with E-state index in [1.165, 1.54) is 0 Å². The maximum atomic E-state index is 5.99. The van der Waals surface area contributed by atoms with Crippen molar-refractivity contribution in [3.63, 3.8) is 0 Å². The Labute approximate surface area is 156 Å². The van der Waals surface area contributed by atoms with Crippen molar-refractivity contribution in [3.8, 4) is 5.69 Å². The highest BCUT2D eigenvalue weighted by Gasteiger charge is 2.14. The Morgan fingerprint density at radius 3 is 2.69 bits per heavy atom. The molecule has 0 spiro atoms. The van der Waals surface area contributed by atoms with Crippen molar-refractivity contribution in [2.24, 2.45) is 0 Å². The van der Waals surface area contributed by atoms with Gasteiger partial charge >= 0.3 is 0 Å². The van der Waals surface area contributed by atoms with E-state index < -0.39 is 0 Å². The van der Waals surface area contributed by atoms with E-state index in [2.05, 4.69) is 25.3 Å². The highest BCUT2D eigenvalue weighted by Crippen LogP contribution is 2.23. The standard InChI is InChI=1S/C18H21ClN6O/c1-13-22-17(20-6-7-24-8-10-26-11-9-24)16-12-21-25(18(16)23-13)15-4-2-14(19)3-5-15/h2-5,12H,6-11H2,1H3,(H,20,22,23). The molecule has 1 saturated heterocycles. The number of benzene rings is 1. The lowest BCUT2D eigenvalue weighted by molar-refractivity contribution is 0.0398. The molecule has 1 aliphatic rings. The summed E-state index contributed by atoms with van der Waals surface area (Å²) in [6.45, 7) is 7.25. The number of halogens is 1. The van der Waals surface area contributed by atoms with Crippen molar-refractivity contribution in [1.82, 2.24) is 24.6 Å². The molecule has 4 rings (SSSR count). The smallest absolute Gasteiger partial charge is 0.168 e. The molecule has 0 aliphatic carbocycles. The zero-order chi connectivity index (χ0) is 17.9. The van der Waals surface area contributed by atoms with Crippen LogP contribution in [0.25, 0.3) is 16.7 Å². The summed E-state index contributed by atoms with van der Waals surface area (Å²) in [4.78, 5) is 11.5. The monoisotopic (exact) mass is 372 g/mol. The van der Waals surface area contributed by atoms with Gasteiger partial charge in [0.25, 0.3) is 0 Å². The molecule has 0 saturated carbocycles. The molecule has 0 radical (unpaired) electrons. The molecule has 8 heteroatoms. The molecule has 0 amide bonds. The van der Waals surface area contributed by atoms with Gasteiger partial charge in [-0.3, -0.25) is 4.90 Å². The van der Waals surface area contributed by atoms with Crippen LogP contribution in [-0.2, 0) is 4.74 Å². The van der Waals surface area contributed by atoms with Crippen molar-refractivity contribution in [3.05, 3.63) is 41.3 Å². The molecule has 1 aromatic carbocycles. The van der Waals surface area contributed by atoms with Crippen LogP contribution in [-0.4, -0.2) is 64.0 Å². The molecule has 1 fully saturated rings. The fraction of sp³-hybridized carbons (Fsp3) is 0.389. The van der Waals surface area contributed by atoms with Gasteiger partial charge in [0.2, 0.25) is 0 Å². The van der Waals surface area contributed by atoms with E-state index in [0.717, 1.165) is 61.9 Å². The van der Waals surface area contributed by atoms with Crippen LogP contribution < -0.4 is 5.32 Å². The van der Waals surface area contributed by atoms with Crippen LogP contribution in [0.5, 0.6) is 0 Å². The summed E-state index contributed by atoms with van der Waals surface area (Å²) in [5, 5.41) is 9.55. The first kappa shape index (κ1) is 17.2. The Balaban J connectivity index is 1.56. The first-order valence-corrected chi connectivity index (χ1v) is 9.11. The van der Waals surface area contributed by atoms with Crippen molar-refractivity contribution in [2.45, 2.75) is 6.92 Å². The molecule has 26 heavy (non-hydrogen) atoms. The zero-order valence-electron chi connectivity index (χ0n) is 14.7. The molecular weight excluding hydrogens is 352 g/mol. The number of morpholine rings is 1. The van der Waals surface area contributed by atoms with E-state index >= 15 is 0 Å². The summed E-state index contributed by atoms with van der Waals surface area (Å²) in [5.41, 5.74) is 1.70. The largest absolute Gasteiger partial charge is 0.379 e. The summed E-state index contributed by atoms with van der Waals surface area (Å²) < 4.78 is 7.20. The molecular formula is C18H21ClN6O. The van der Waals surface area contributed by atoms with E-state index in [9.17, 15) is 0 Å². The molecule has 3 heterocycles. The number of hydrogen-bond donors (Lipinski definition) is 1. The van der Waals surface area contributed by atoms with Crippen LogP contribution in [0.15, 0.2) is 30.5 Å². The van der Waals surface area contributed by atoms with E-state index in [1.807, 2.05) is 35.9 Å². The van der Waals surface area contributed by atoms with Crippen LogP contribution >= 0.6 is 11.6 Å². The number of fused-ring (bicyclic) bond motifs is 1. The third kappa shape index (κ3) is 3.65. The van der Waals surface area contributed by atoms with Gasteiger partial charge in [0.1, 0.15) is 11.6 Å².